The van der Waals surface area contributed by atoms with Gasteiger partial charge >= 0.3 is 0 Å². The third-order valence-corrected chi connectivity index (χ3v) is 10.2. The highest BCUT2D eigenvalue weighted by Gasteiger charge is 2.31. The van der Waals surface area contributed by atoms with E-state index < -0.39 is 0 Å². The molecule has 368 valence electrons. The summed E-state index contributed by atoms with van der Waals surface area (Å²) < 4.78 is 24.7. The highest BCUT2D eigenvalue weighted by Crippen LogP contribution is 2.43. The second-order valence-electron chi connectivity index (χ2n) is 13.2. The lowest BCUT2D eigenvalue weighted by atomic mass is 9.95. The van der Waals surface area contributed by atoms with Crippen molar-refractivity contribution < 1.29 is 18.9 Å². The molecule has 2 unspecified atom stereocenters. The van der Waals surface area contributed by atoms with E-state index in [1.165, 1.54) is 10.5 Å². The summed E-state index contributed by atoms with van der Waals surface area (Å²) in [6.07, 6.45) is 34.1. The Morgan fingerprint density at radius 1 is 0.859 bits per heavy atom. The Hall–Kier alpha value is -3.56. The Bertz CT molecular complexity index is 1410. The number of hydrogen-bond donors (Lipinski definition) is 0. The van der Waals surface area contributed by atoms with Crippen molar-refractivity contribution in [2.45, 2.75) is 115 Å². The minimum Gasteiger partial charge on any atom is -0.498 e. The van der Waals surface area contributed by atoms with Crippen molar-refractivity contribution in [1.82, 2.24) is 9.80 Å². The zero-order chi connectivity index (χ0) is 50.0. The van der Waals surface area contributed by atoms with E-state index in [9.17, 15) is 0 Å². The van der Waals surface area contributed by atoms with Crippen LogP contribution in [0, 0.1) is 11.8 Å². The number of fused-ring (bicyclic) bond motifs is 1. The maximum Gasteiger partial charge on any atom is 0.116 e. The molecule has 0 saturated heterocycles. The van der Waals surface area contributed by atoms with Gasteiger partial charge in [0.05, 0.1) is 24.0 Å². The fraction of sp³-hybridized carbons (Fsp3) is 0.536. The van der Waals surface area contributed by atoms with Crippen LogP contribution in [0.15, 0.2) is 156 Å². The van der Waals surface area contributed by atoms with Gasteiger partial charge < -0.3 is 28.7 Å². The molecule has 0 aromatic carbocycles. The Labute approximate surface area is 406 Å². The van der Waals surface area contributed by atoms with Crippen molar-refractivity contribution in [2.24, 2.45) is 11.8 Å². The van der Waals surface area contributed by atoms with Crippen LogP contribution >= 0.6 is 23.5 Å². The van der Waals surface area contributed by atoms with E-state index in [2.05, 4.69) is 137 Å². The summed E-state index contributed by atoms with van der Waals surface area (Å²) in [6.45, 7) is 43.9. The van der Waals surface area contributed by atoms with Crippen molar-refractivity contribution in [1.29, 1.82) is 0 Å². The SMILES string of the molecule is C=C.C=CCC(/C=C/COC1=CC2C(OCCN(C)C)=CC(=C/C)/C(=C\C)S[C@H]2C=C1)CO/C(C)=C/C/C(=C\C=C\C)OCCN(C)C.C=CCS/C=C/CC.CC.CC.CC.CC. The largest absolute Gasteiger partial charge is 0.498 e. The number of likely N-dealkylation sites (N-methyl/N-ethyl adjacent to an activating group) is 2. The van der Waals surface area contributed by atoms with E-state index in [4.69, 9.17) is 18.9 Å². The molecule has 0 spiro atoms. The molecule has 8 heteroatoms. The molecule has 2 aliphatic rings. The predicted molar refractivity (Wildman–Crippen MR) is 296 cm³/mol. The minimum atomic E-state index is 0.104. The summed E-state index contributed by atoms with van der Waals surface area (Å²) in [5.74, 6) is 4.99. The highest BCUT2D eigenvalue weighted by molar-refractivity contribution is 8.04. The zero-order valence-corrected chi connectivity index (χ0v) is 45.8. The minimum absolute atomic E-state index is 0.104. The average molecular weight is 928 g/mol. The lowest BCUT2D eigenvalue weighted by molar-refractivity contribution is 0.162. The monoisotopic (exact) mass is 927 g/mol. The molecule has 0 N–H and O–H groups in total. The van der Waals surface area contributed by atoms with Crippen LogP contribution in [-0.4, -0.2) is 88.5 Å². The van der Waals surface area contributed by atoms with Gasteiger partial charge in [0, 0.05) is 41.3 Å². The molecule has 6 nitrogen and oxygen atoms in total. The van der Waals surface area contributed by atoms with Crippen LogP contribution in [0.4, 0.5) is 0 Å². The predicted octanol–water partition coefficient (Wildman–Crippen LogP) is 16.3. The van der Waals surface area contributed by atoms with Crippen molar-refractivity contribution in [3.05, 3.63) is 156 Å². The summed E-state index contributed by atoms with van der Waals surface area (Å²) in [5.41, 5.74) is 1.20. The molecule has 0 bridgehead atoms. The van der Waals surface area contributed by atoms with Crippen LogP contribution in [0.1, 0.15) is 109 Å². The van der Waals surface area contributed by atoms with Crippen molar-refractivity contribution in [3.63, 3.8) is 0 Å². The summed E-state index contributed by atoms with van der Waals surface area (Å²) in [7, 11) is 8.22. The lowest BCUT2D eigenvalue weighted by Gasteiger charge is -2.26. The van der Waals surface area contributed by atoms with Crippen LogP contribution in [0.25, 0.3) is 0 Å². The van der Waals surface area contributed by atoms with Gasteiger partial charge in [0.2, 0.25) is 0 Å². The smallest absolute Gasteiger partial charge is 0.116 e. The third-order valence-electron chi connectivity index (χ3n) is 7.98. The maximum atomic E-state index is 6.37. The molecule has 0 aromatic heterocycles. The van der Waals surface area contributed by atoms with E-state index in [0.29, 0.717) is 32.8 Å². The lowest BCUT2D eigenvalue weighted by Crippen LogP contribution is -2.23. The number of rotatable bonds is 24. The van der Waals surface area contributed by atoms with Gasteiger partial charge in [-0.25, -0.2) is 0 Å². The first-order valence-corrected chi connectivity index (χ1v) is 25.6. The summed E-state index contributed by atoms with van der Waals surface area (Å²) in [6, 6.07) is 0. The third kappa shape index (κ3) is 38.9. The van der Waals surface area contributed by atoms with Crippen molar-refractivity contribution >= 4 is 23.5 Å². The zero-order valence-electron chi connectivity index (χ0n) is 44.2. The topological polar surface area (TPSA) is 43.4 Å². The van der Waals surface area contributed by atoms with Crippen LogP contribution in [-0.2, 0) is 18.9 Å². The Morgan fingerprint density at radius 2 is 1.50 bits per heavy atom. The fourth-order valence-corrected chi connectivity index (χ4v) is 6.78. The molecule has 0 fully saturated rings. The van der Waals surface area contributed by atoms with Gasteiger partial charge in [-0.2, -0.15) is 0 Å². The molecule has 3 atom stereocenters. The van der Waals surface area contributed by atoms with Gasteiger partial charge in [0.15, 0.2) is 0 Å². The number of thioether (sulfide) groups is 2. The van der Waals surface area contributed by atoms with E-state index in [-0.39, 0.29) is 17.1 Å². The first-order chi connectivity index (χ1) is 31.1. The first kappa shape index (κ1) is 69.5. The molecule has 0 radical (unpaired) electrons. The summed E-state index contributed by atoms with van der Waals surface area (Å²) in [5, 5.41) is 2.36. The van der Waals surface area contributed by atoms with E-state index >= 15 is 0 Å². The van der Waals surface area contributed by atoms with Crippen LogP contribution in [0.5, 0.6) is 0 Å². The van der Waals surface area contributed by atoms with Gasteiger partial charge in [-0.3, -0.25) is 0 Å². The van der Waals surface area contributed by atoms with Crippen molar-refractivity contribution in [2.75, 3.05) is 73.5 Å². The van der Waals surface area contributed by atoms with Gasteiger partial charge in [-0.15, -0.1) is 49.8 Å². The van der Waals surface area contributed by atoms with E-state index in [0.717, 1.165) is 54.7 Å². The number of nitrogens with zero attached hydrogens (tertiary/aromatic N) is 2. The Kier molecular flexibility index (Phi) is 58.4. The molecule has 0 amide bonds. The molecule has 1 aliphatic carbocycles. The fourth-order valence-electron chi connectivity index (χ4n) is 4.95. The van der Waals surface area contributed by atoms with Gasteiger partial charge in [-0.1, -0.05) is 123 Å². The molecule has 0 saturated carbocycles. The molecule has 1 aliphatic heterocycles. The molecule has 64 heavy (non-hydrogen) atoms. The standard InChI is InChI=1S/C39H58N2O4S.C7H12S.4C2H6.C2H4/c1-10-14-18-34(43-26-23-40(6)7)20-19-31(5)45-30-32(16-11-2)17-15-25-42-35-21-22-39-36(29-35)37(44-27-24-41(8)9)28-33(12-3)38(13-4)46-39;1-3-5-7-8-6-4-2;5*1-2/h10-15,17-19,21-22,28-29,32,36,39H,2,16,20,23-27,30H2,1,3-9H3;4-5,7H,2-3,6H2,1H3;4*1-2H3;1-2H2/b14-10+,17-15+,31-19+,33-12-,34-18+,38-13+;7-5+;;;;;/t32?,36?,39-;;;;;;/m0....../s1. The van der Waals surface area contributed by atoms with Crippen LogP contribution in [0.3, 0.4) is 0 Å². The van der Waals surface area contributed by atoms with Crippen LogP contribution < -0.4 is 0 Å². The average Bonchev–Trinajstić information content (AvgIpc) is 3.48. The molecule has 2 rings (SSSR count). The first-order valence-electron chi connectivity index (χ1n) is 23.7. The molecular weight excluding hydrogens is 829 g/mol. The van der Waals surface area contributed by atoms with Gasteiger partial charge in [-0.05, 0) is 110 Å². The summed E-state index contributed by atoms with van der Waals surface area (Å²) in [4.78, 5) is 5.52. The van der Waals surface area contributed by atoms with E-state index in [1.807, 2.05) is 125 Å². The number of allylic oxidation sites excluding steroid dienone is 13. The maximum absolute atomic E-state index is 6.37. The summed E-state index contributed by atoms with van der Waals surface area (Å²) >= 11 is 3.66. The van der Waals surface area contributed by atoms with Gasteiger partial charge in [0.1, 0.15) is 31.3 Å². The molecule has 0 aromatic rings. The van der Waals surface area contributed by atoms with Gasteiger partial charge in [0.25, 0.3) is 0 Å². The second kappa shape index (κ2) is 53.8. The Morgan fingerprint density at radius 3 is 2.05 bits per heavy atom. The number of hydrogen-bond acceptors (Lipinski definition) is 8. The van der Waals surface area contributed by atoms with Crippen molar-refractivity contribution in [3.8, 4) is 0 Å². The van der Waals surface area contributed by atoms with E-state index in [1.54, 1.807) is 11.8 Å². The van der Waals surface area contributed by atoms with Crippen LogP contribution in [0.2, 0.25) is 0 Å². The Balaban J connectivity index is -0.000000554. The molecular formula is C56H98N2O4S2. The normalized spacial score (nSPS) is 17.2. The second-order valence-corrected chi connectivity index (χ2v) is 15.4. The molecule has 1 heterocycles. The number of ether oxygens (including phenoxy) is 4. The highest BCUT2D eigenvalue weighted by atomic mass is 32.2. The quantitative estimate of drug-likeness (QED) is 0.0411.